The molecule has 5 nitrogen and oxygen atoms in total. The predicted molar refractivity (Wildman–Crippen MR) is 87.3 cm³/mol. The minimum absolute atomic E-state index is 0.0791. The van der Waals surface area contributed by atoms with Gasteiger partial charge in [0.05, 0.1) is 12.7 Å². The Kier molecular flexibility index (Phi) is 3.03. The molecule has 1 aliphatic rings. The summed E-state index contributed by atoms with van der Waals surface area (Å²) in [4.78, 5) is 24.2. The van der Waals surface area contributed by atoms with Crippen LogP contribution in [0.5, 0.6) is 11.5 Å². The number of phenols is 1. The van der Waals surface area contributed by atoms with Crippen LogP contribution in [0.1, 0.15) is 20.7 Å². The lowest BCUT2D eigenvalue weighted by Crippen LogP contribution is -1.99. The number of hydrogen-bond acceptors (Lipinski definition) is 5. The number of carbonyl (C=O) groups is 2. The van der Waals surface area contributed by atoms with Crippen LogP contribution in [0, 0.1) is 0 Å². The Morgan fingerprint density at radius 1 is 0.833 bits per heavy atom. The highest BCUT2D eigenvalue weighted by atomic mass is 16.6. The Labute approximate surface area is 137 Å². The fraction of sp³-hybridized carbons (Fsp3) is 0.0526. The van der Waals surface area contributed by atoms with E-state index in [4.69, 9.17) is 9.47 Å². The van der Waals surface area contributed by atoms with Crippen molar-refractivity contribution in [1.82, 2.24) is 0 Å². The van der Waals surface area contributed by atoms with E-state index in [1.165, 1.54) is 0 Å². The van der Waals surface area contributed by atoms with Gasteiger partial charge in [0, 0.05) is 10.9 Å². The molecule has 3 aromatic rings. The number of benzene rings is 3. The third-order valence-corrected chi connectivity index (χ3v) is 4.16. The second-order valence-corrected chi connectivity index (χ2v) is 5.42. The van der Waals surface area contributed by atoms with Crippen LogP contribution in [-0.4, -0.2) is 24.2 Å². The van der Waals surface area contributed by atoms with Crippen LogP contribution in [0.15, 0.2) is 48.5 Å². The lowest BCUT2D eigenvalue weighted by molar-refractivity contribution is 0.0443. The van der Waals surface area contributed by atoms with Gasteiger partial charge in [-0.1, -0.05) is 36.4 Å². The molecule has 24 heavy (non-hydrogen) atoms. The maximum absolute atomic E-state index is 12.2. The summed E-state index contributed by atoms with van der Waals surface area (Å²) in [6.45, 7) is 0. The SMILES string of the molecule is COc1ccc(-c2c3c(c(O)c4ccccc24)C(=O)OC3=O)cc1. The van der Waals surface area contributed by atoms with Gasteiger partial charge in [0.25, 0.3) is 0 Å². The molecule has 0 aliphatic carbocycles. The summed E-state index contributed by atoms with van der Waals surface area (Å²) >= 11 is 0. The van der Waals surface area contributed by atoms with Crippen molar-refractivity contribution in [2.45, 2.75) is 0 Å². The topological polar surface area (TPSA) is 72.8 Å². The number of ether oxygens (including phenoxy) is 2. The number of hydrogen-bond donors (Lipinski definition) is 1. The Hall–Kier alpha value is -3.34. The normalized spacial score (nSPS) is 13.0. The highest BCUT2D eigenvalue weighted by molar-refractivity contribution is 6.24. The molecule has 0 fully saturated rings. The number of rotatable bonds is 2. The van der Waals surface area contributed by atoms with Crippen LogP contribution in [-0.2, 0) is 4.74 Å². The molecule has 0 radical (unpaired) electrons. The minimum atomic E-state index is -0.826. The molecule has 1 aliphatic heterocycles. The predicted octanol–water partition coefficient (Wildman–Crippen LogP) is 3.53. The van der Waals surface area contributed by atoms with Crippen LogP contribution < -0.4 is 4.74 Å². The van der Waals surface area contributed by atoms with Gasteiger partial charge in [-0.15, -0.1) is 0 Å². The average molecular weight is 320 g/mol. The van der Waals surface area contributed by atoms with Gasteiger partial charge in [0.15, 0.2) is 0 Å². The third kappa shape index (κ3) is 1.88. The molecule has 0 atom stereocenters. The van der Waals surface area contributed by atoms with E-state index in [1.54, 1.807) is 49.6 Å². The molecule has 0 amide bonds. The fourth-order valence-corrected chi connectivity index (χ4v) is 3.07. The zero-order chi connectivity index (χ0) is 16.8. The molecular formula is C19H12O5. The highest BCUT2D eigenvalue weighted by Gasteiger charge is 2.37. The van der Waals surface area contributed by atoms with Gasteiger partial charge in [0.2, 0.25) is 0 Å². The Morgan fingerprint density at radius 2 is 1.46 bits per heavy atom. The molecule has 3 aromatic carbocycles. The smallest absolute Gasteiger partial charge is 0.350 e. The van der Waals surface area contributed by atoms with E-state index in [-0.39, 0.29) is 16.9 Å². The molecule has 0 bridgehead atoms. The summed E-state index contributed by atoms with van der Waals surface area (Å²) in [7, 11) is 1.57. The zero-order valence-corrected chi connectivity index (χ0v) is 12.7. The quantitative estimate of drug-likeness (QED) is 0.577. The second-order valence-electron chi connectivity index (χ2n) is 5.42. The number of fused-ring (bicyclic) bond motifs is 2. The molecule has 5 heteroatoms. The number of methoxy groups -OCH3 is 1. The first kappa shape index (κ1) is 14.3. The van der Waals surface area contributed by atoms with Gasteiger partial charge >= 0.3 is 11.9 Å². The lowest BCUT2D eigenvalue weighted by Gasteiger charge is -2.13. The zero-order valence-electron chi connectivity index (χ0n) is 12.7. The summed E-state index contributed by atoms with van der Waals surface area (Å²) < 4.78 is 9.88. The van der Waals surface area contributed by atoms with Gasteiger partial charge in [0.1, 0.15) is 17.1 Å². The van der Waals surface area contributed by atoms with Crippen molar-refractivity contribution in [3.05, 3.63) is 59.7 Å². The van der Waals surface area contributed by atoms with E-state index in [9.17, 15) is 14.7 Å². The van der Waals surface area contributed by atoms with Gasteiger partial charge in [-0.25, -0.2) is 9.59 Å². The molecule has 1 N–H and O–H groups in total. The van der Waals surface area contributed by atoms with Crippen LogP contribution >= 0.6 is 0 Å². The maximum atomic E-state index is 12.2. The summed E-state index contributed by atoms with van der Waals surface area (Å²) in [5.74, 6) is -1.12. The molecular weight excluding hydrogens is 308 g/mol. The first-order chi connectivity index (χ1) is 11.6. The Morgan fingerprint density at radius 3 is 2.12 bits per heavy atom. The summed E-state index contributed by atoms with van der Waals surface area (Å²) in [6.07, 6.45) is 0. The lowest BCUT2D eigenvalue weighted by atomic mass is 9.89. The van der Waals surface area contributed by atoms with Crippen molar-refractivity contribution in [2.75, 3.05) is 7.11 Å². The first-order valence-electron chi connectivity index (χ1n) is 7.30. The maximum Gasteiger partial charge on any atom is 0.350 e. The van der Waals surface area contributed by atoms with Gasteiger partial charge in [-0.2, -0.15) is 0 Å². The monoisotopic (exact) mass is 320 g/mol. The largest absolute Gasteiger partial charge is 0.506 e. The number of carbonyl (C=O) groups excluding carboxylic acids is 2. The van der Waals surface area contributed by atoms with E-state index < -0.39 is 11.9 Å². The average Bonchev–Trinajstić information content (AvgIpc) is 2.90. The number of aromatic hydroxyl groups is 1. The number of cyclic esters (lactones) is 2. The summed E-state index contributed by atoms with van der Waals surface area (Å²) in [5.41, 5.74) is 1.32. The summed E-state index contributed by atoms with van der Waals surface area (Å²) in [6, 6.07) is 14.2. The van der Waals surface area contributed by atoms with Gasteiger partial charge in [-0.3, -0.25) is 0 Å². The molecule has 4 rings (SSSR count). The van der Waals surface area contributed by atoms with Crippen molar-refractivity contribution in [3.63, 3.8) is 0 Å². The van der Waals surface area contributed by atoms with Gasteiger partial charge in [-0.05, 0) is 23.1 Å². The van der Waals surface area contributed by atoms with E-state index in [1.807, 2.05) is 6.07 Å². The number of phenolic OH excluding ortho intramolecular Hbond substituents is 1. The third-order valence-electron chi connectivity index (χ3n) is 4.16. The first-order valence-corrected chi connectivity index (χ1v) is 7.30. The second kappa shape index (κ2) is 5.09. The van der Waals surface area contributed by atoms with Crippen LogP contribution in [0.3, 0.4) is 0 Å². The van der Waals surface area contributed by atoms with Crippen molar-refractivity contribution >= 4 is 22.7 Å². The van der Waals surface area contributed by atoms with Crippen molar-refractivity contribution in [2.24, 2.45) is 0 Å². The molecule has 118 valence electrons. The van der Waals surface area contributed by atoms with E-state index in [0.717, 1.165) is 5.56 Å². The Balaban J connectivity index is 2.14. The molecule has 0 saturated carbocycles. The molecule has 0 aromatic heterocycles. The van der Waals surface area contributed by atoms with Crippen LogP contribution in [0.4, 0.5) is 0 Å². The molecule has 1 heterocycles. The highest BCUT2D eigenvalue weighted by Crippen LogP contribution is 2.44. The van der Waals surface area contributed by atoms with E-state index in [2.05, 4.69) is 0 Å². The number of esters is 2. The van der Waals surface area contributed by atoms with Crippen molar-refractivity contribution in [3.8, 4) is 22.6 Å². The van der Waals surface area contributed by atoms with E-state index in [0.29, 0.717) is 22.1 Å². The Bertz CT molecular complexity index is 1000. The molecule has 0 unspecified atom stereocenters. The minimum Gasteiger partial charge on any atom is -0.506 e. The standard InChI is InChI=1S/C19H12O5/c1-23-11-8-6-10(7-9-11)14-12-4-2-3-5-13(12)17(20)16-15(14)18(21)24-19(16)22/h2-9,20H,1H3. The van der Waals surface area contributed by atoms with Crippen LogP contribution in [0.25, 0.3) is 21.9 Å². The molecule has 0 saturated heterocycles. The van der Waals surface area contributed by atoms with Crippen LogP contribution in [0.2, 0.25) is 0 Å². The summed E-state index contributed by atoms with van der Waals surface area (Å²) in [5, 5.41) is 11.6. The fourth-order valence-electron chi connectivity index (χ4n) is 3.07. The van der Waals surface area contributed by atoms with Crippen molar-refractivity contribution < 1.29 is 24.2 Å². The van der Waals surface area contributed by atoms with E-state index >= 15 is 0 Å². The molecule has 0 spiro atoms. The van der Waals surface area contributed by atoms with Crippen molar-refractivity contribution in [1.29, 1.82) is 0 Å². The van der Waals surface area contributed by atoms with Gasteiger partial charge < -0.3 is 14.6 Å².